The Morgan fingerprint density at radius 1 is 1.12 bits per heavy atom. The fourth-order valence-corrected chi connectivity index (χ4v) is 2.93. The van der Waals surface area contributed by atoms with Gasteiger partial charge in [-0.05, 0) is 37.1 Å². The first kappa shape index (κ1) is 16.9. The second-order valence-corrected chi connectivity index (χ2v) is 5.99. The van der Waals surface area contributed by atoms with Gasteiger partial charge in [-0.3, -0.25) is 14.9 Å². The predicted molar refractivity (Wildman–Crippen MR) is 92.0 cm³/mol. The molecule has 0 aromatic heterocycles. The number of nitrogens with zero attached hydrogens (tertiary/aromatic N) is 2. The van der Waals surface area contributed by atoms with Crippen molar-refractivity contribution in [1.29, 1.82) is 0 Å². The molecule has 2 aromatic rings. The summed E-state index contributed by atoms with van der Waals surface area (Å²) in [5.74, 6) is -0.425. The van der Waals surface area contributed by atoms with E-state index in [0.717, 1.165) is 0 Å². The molecular weight excluding hydrogens is 325 g/mol. The number of hydrogen-bond donors (Lipinski definition) is 1. The maximum atomic E-state index is 13.7. The molecule has 25 heavy (non-hydrogen) atoms. The number of non-ortho nitro benzene ring substituents is 1. The van der Waals surface area contributed by atoms with Gasteiger partial charge >= 0.3 is 0 Å². The topological polar surface area (TPSA) is 75.5 Å². The lowest BCUT2D eigenvalue weighted by Crippen LogP contribution is -2.42. The molecule has 1 aliphatic rings. The molecular formula is C18H18FN3O3. The molecule has 0 spiro atoms. The predicted octanol–water partition coefficient (Wildman–Crippen LogP) is 3.45. The number of anilines is 1. The molecule has 2 aromatic carbocycles. The summed E-state index contributed by atoms with van der Waals surface area (Å²) in [7, 11) is 0. The maximum Gasteiger partial charge on any atom is 0.269 e. The van der Waals surface area contributed by atoms with Crippen LogP contribution >= 0.6 is 0 Å². The quantitative estimate of drug-likeness (QED) is 0.681. The number of rotatable bonds is 4. The number of nitro groups is 1. The summed E-state index contributed by atoms with van der Waals surface area (Å²) < 4.78 is 13.7. The average molecular weight is 343 g/mol. The molecule has 1 aliphatic heterocycles. The van der Waals surface area contributed by atoms with E-state index in [1.807, 2.05) is 0 Å². The molecule has 1 N–H and O–H groups in total. The lowest BCUT2D eigenvalue weighted by molar-refractivity contribution is -0.384. The number of likely N-dealkylation sites (tertiary alicyclic amines) is 1. The van der Waals surface area contributed by atoms with E-state index in [1.54, 1.807) is 23.1 Å². The van der Waals surface area contributed by atoms with Crippen molar-refractivity contribution < 1.29 is 14.1 Å². The summed E-state index contributed by atoms with van der Waals surface area (Å²) in [5, 5.41) is 13.9. The van der Waals surface area contributed by atoms with Gasteiger partial charge in [-0.2, -0.15) is 0 Å². The number of nitrogens with one attached hydrogen (secondary N) is 1. The van der Waals surface area contributed by atoms with Gasteiger partial charge < -0.3 is 10.2 Å². The maximum absolute atomic E-state index is 13.7. The molecule has 6 nitrogen and oxygen atoms in total. The Labute approximate surface area is 144 Å². The minimum atomic E-state index is -0.492. The first-order valence-electron chi connectivity index (χ1n) is 8.09. The molecule has 0 aliphatic carbocycles. The Morgan fingerprint density at radius 3 is 2.36 bits per heavy atom. The second-order valence-electron chi connectivity index (χ2n) is 5.99. The molecule has 1 amide bonds. The lowest BCUT2D eigenvalue weighted by atomic mass is 10.0. The van der Waals surface area contributed by atoms with Crippen molar-refractivity contribution in [1.82, 2.24) is 4.90 Å². The Balaban J connectivity index is 1.57. The number of piperidine rings is 1. The minimum Gasteiger partial charge on any atom is -0.380 e. The van der Waals surface area contributed by atoms with Gasteiger partial charge in [0.1, 0.15) is 5.82 Å². The highest BCUT2D eigenvalue weighted by Gasteiger charge is 2.24. The molecule has 0 atom stereocenters. The van der Waals surface area contributed by atoms with Crippen LogP contribution in [0.25, 0.3) is 0 Å². The second kappa shape index (κ2) is 7.29. The van der Waals surface area contributed by atoms with Crippen LogP contribution in [0.3, 0.4) is 0 Å². The number of para-hydroxylation sites is 1. The van der Waals surface area contributed by atoms with Crippen LogP contribution in [-0.2, 0) is 0 Å². The Morgan fingerprint density at radius 2 is 1.76 bits per heavy atom. The van der Waals surface area contributed by atoms with Gasteiger partial charge in [0.05, 0.1) is 10.6 Å². The molecule has 3 rings (SSSR count). The SMILES string of the molecule is O=C(c1ccc([N+](=O)[O-])cc1)N1CCC(Nc2ccccc2F)CC1. The molecule has 0 saturated carbocycles. The van der Waals surface area contributed by atoms with E-state index >= 15 is 0 Å². The molecule has 130 valence electrons. The number of benzene rings is 2. The third-order valence-corrected chi connectivity index (χ3v) is 4.34. The minimum absolute atomic E-state index is 0.0376. The van der Waals surface area contributed by atoms with Crippen molar-refractivity contribution in [3.05, 3.63) is 70.0 Å². The van der Waals surface area contributed by atoms with Crippen molar-refractivity contribution in [2.24, 2.45) is 0 Å². The van der Waals surface area contributed by atoms with Crippen molar-refractivity contribution in [3.8, 4) is 0 Å². The Kier molecular flexibility index (Phi) is 4.92. The highest BCUT2D eigenvalue weighted by atomic mass is 19.1. The van der Waals surface area contributed by atoms with Crippen molar-refractivity contribution >= 4 is 17.3 Å². The summed E-state index contributed by atoms with van der Waals surface area (Å²) in [6, 6.07) is 12.3. The third-order valence-electron chi connectivity index (χ3n) is 4.34. The summed E-state index contributed by atoms with van der Waals surface area (Å²) >= 11 is 0. The Hall–Kier alpha value is -2.96. The van der Waals surface area contributed by atoms with Gasteiger partial charge in [-0.25, -0.2) is 4.39 Å². The number of carbonyl (C=O) groups is 1. The highest BCUT2D eigenvalue weighted by molar-refractivity contribution is 5.94. The van der Waals surface area contributed by atoms with Gasteiger partial charge in [0, 0.05) is 36.8 Å². The summed E-state index contributed by atoms with van der Waals surface area (Å²) in [6.45, 7) is 1.11. The zero-order valence-corrected chi connectivity index (χ0v) is 13.5. The van der Waals surface area contributed by atoms with E-state index in [9.17, 15) is 19.3 Å². The number of halogens is 1. The fourth-order valence-electron chi connectivity index (χ4n) is 2.93. The smallest absolute Gasteiger partial charge is 0.269 e. The van der Waals surface area contributed by atoms with Gasteiger partial charge in [0.15, 0.2) is 0 Å². The number of amides is 1. The lowest BCUT2D eigenvalue weighted by Gasteiger charge is -2.33. The first-order chi connectivity index (χ1) is 12.0. The van der Waals surface area contributed by atoms with E-state index in [2.05, 4.69) is 5.32 Å². The van der Waals surface area contributed by atoms with Crippen LogP contribution in [0.1, 0.15) is 23.2 Å². The van der Waals surface area contributed by atoms with Crippen molar-refractivity contribution in [2.75, 3.05) is 18.4 Å². The molecule has 0 unspecified atom stereocenters. The molecule has 0 radical (unpaired) electrons. The standard InChI is InChI=1S/C18H18FN3O3/c19-16-3-1-2-4-17(16)20-14-9-11-21(12-10-14)18(23)13-5-7-15(8-6-13)22(24)25/h1-8,14,20H,9-12H2. The van der Waals surface area contributed by atoms with Crippen LogP contribution in [0.2, 0.25) is 0 Å². The third kappa shape index (κ3) is 3.93. The van der Waals surface area contributed by atoms with Gasteiger partial charge in [0.25, 0.3) is 11.6 Å². The molecule has 7 heteroatoms. The fraction of sp³-hybridized carbons (Fsp3) is 0.278. The first-order valence-corrected chi connectivity index (χ1v) is 8.09. The van der Waals surface area contributed by atoms with E-state index in [1.165, 1.54) is 30.3 Å². The Bertz CT molecular complexity index is 771. The van der Waals surface area contributed by atoms with Crippen LogP contribution in [0, 0.1) is 15.9 Å². The molecule has 1 heterocycles. The normalized spacial score (nSPS) is 15.0. The zero-order valence-electron chi connectivity index (χ0n) is 13.5. The molecule has 1 fully saturated rings. The molecule has 0 bridgehead atoms. The van der Waals surface area contributed by atoms with E-state index in [4.69, 9.17) is 0 Å². The van der Waals surface area contributed by atoms with Crippen LogP contribution in [0.15, 0.2) is 48.5 Å². The zero-order chi connectivity index (χ0) is 17.8. The van der Waals surface area contributed by atoms with Crippen molar-refractivity contribution in [2.45, 2.75) is 18.9 Å². The van der Waals surface area contributed by atoms with Crippen LogP contribution < -0.4 is 5.32 Å². The summed E-state index contributed by atoms with van der Waals surface area (Å²) in [5.41, 5.74) is 0.873. The average Bonchev–Trinajstić information content (AvgIpc) is 2.64. The molecule has 1 saturated heterocycles. The number of carbonyl (C=O) groups excluding carboxylic acids is 1. The van der Waals surface area contributed by atoms with E-state index in [-0.39, 0.29) is 23.5 Å². The van der Waals surface area contributed by atoms with Gasteiger partial charge in [-0.1, -0.05) is 12.1 Å². The summed E-state index contributed by atoms with van der Waals surface area (Å²) in [4.78, 5) is 24.4. The van der Waals surface area contributed by atoms with E-state index in [0.29, 0.717) is 37.2 Å². The number of hydrogen-bond acceptors (Lipinski definition) is 4. The highest BCUT2D eigenvalue weighted by Crippen LogP contribution is 2.21. The van der Waals surface area contributed by atoms with Gasteiger partial charge in [-0.15, -0.1) is 0 Å². The largest absolute Gasteiger partial charge is 0.380 e. The van der Waals surface area contributed by atoms with Crippen molar-refractivity contribution in [3.63, 3.8) is 0 Å². The van der Waals surface area contributed by atoms with Crippen LogP contribution in [0.5, 0.6) is 0 Å². The number of nitro benzene ring substituents is 1. The summed E-state index contributed by atoms with van der Waals surface area (Å²) in [6.07, 6.45) is 1.43. The van der Waals surface area contributed by atoms with E-state index < -0.39 is 4.92 Å². The van der Waals surface area contributed by atoms with Crippen LogP contribution in [-0.4, -0.2) is 34.9 Å². The van der Waals surface area contributed by atoms with Crippen LogP contribution in [0.4, 0.5) is 15.8 Å². The van der Waals surface area contributed by atoms with Gasteiger partial charge in [0.2, 0.25) is 0 Å². The monoisotopic (exact) mass is 343 g/mol.